The number of rotatable bonds is 6. The van der Waals surface area contributed by atoms with E-state index in [4.69, 9.17) is 1.37 Å². The molecule has 0 aliphatic carbocycles. The first-order valence-electron chi connectivity index (χ1n) is 10.8. The summed E-state index contributed by atoms with van der Waals surface area (Å²) >= 11 is 1.05. The van der Waals surface area contributed by atoms with E-state index in [9.17, 15) is 18.3 Å². The molecule has 4 aromatic rings. The van der Waals surface area contributed by atoms with Crippen molar-refractivity contribution in [3.8, 4) is 11.8 Å². The van der Waals surface area contributed by atoms with Gasteiger partial charge in [-0.3, -0.25) is 4.79 Å². The number of thiophene rings is 1. The maximum Gasteiger partial charge on any atom is 0.307 e. The van der Waals surface area contributed by atoms with Gasteiger partial charge in [0.05, 0.1) is 17.9 Å². The predicted molar refractivity (Wildman–Crippen MR) is 131 cm³/mol. The molecule has 2 aromatic heterocycles. The van der Waals surface area contributed by atoms with Crippen LogP contribution in [-0.2, 0) is 21.1 Å². The minimum absolute atomic E-state index is 0.0663. The number of H-pyrrole nitrogens is 1. The lowest BCUT2D eigenvalue weighted by atomic mass is 10.00. The Morgan fingerprint density at radius 3 is 2.61 bits per heavy atom. The van der Waals surface area contributed by atoms with E-state index in [-0.39, 0.29) is 10.6 Å². The van der Waals surface area contributed by atoms with Crippen molar-refractivity contribution in [2.24, 2.45) is 5.92 Å². The van der Waals surface area contributed by atoms with E-state index in [2.05, 4.69) is 16.8 Å². The molecule has 7 heteroatoms. The number of aryl methyl sites for hydroxylation is 2. The van der Waals surface area contributed by atoms with Gasteiger partial charge in [0.2, 0.25) is 0 Å². The van der Waals surface area contributed by atoms with Gasteiger partial charge >= 0.3 is 5.97 Å². The lowest BCUT2D eigenvalue weighted by molar-refractivity contribution is -0.140. The van der Waals surface area contributed by atoms with Crippen molar-refractivity contribution in [3.05, 3.63) is 87.9 Å². The zero-order valence-electron chi connectivity index (χ0n) is 19.2. The lowest BCUT2D eigenvalue weighted by Crippen LogP contribution is -2.25. The fourth-order valence-corrected chi connectivity index (χ4v) is 6.35. The molecule has 2 aromatic carbocycles. The minimum Gasteiger partial charge on any atom is -0.481 e. The van der Waals surface area contributed by atoms with Crippen LogP contribution in [0.4, 0.5) is 0 Å². The van der Waals surface area contributed by atoms with Crippen molar-refractivity contribution in [1.82, 2.24) is 4.98 Å². The molecular formula is C26H23NO4S2. The Bertz CT molecular complexity index is 1540. The fourth-order valence-electron chi connectivity index (χ4n) is 3.55. The van der Waals surface area contributed by atoms with E-state index in [0.717, 1.165) is 44.5 Å². The number of benzene rings is 2. The van der Waals surface area contributed by atoms with Crippen LogP contribution in [0.2, 0.25) is 0 Å². The zero-order chi connectivity index (χ0) is 24.5. The molecule has 4 rings (SSSR count). The second-order valence-corrected chi connectivity index (χ2v) is 11.4. The highest BCUT2D eigenvalue weighted by atomic mass is 32.2. The standard InChI is InChI=1S/C26H23NO4S2/c1-17-3-6-19(7-4-17)8-9-22-10-12-25(32-22)33(30,31)16-21(26(28)29)14-20-15-27-24-11-5-18(2)13-23(20)24/h3-7,10-13,15,21,27H,14,16H2,1-2H3,(H,28,29)/t21-/m1/s1/i5D. The van der Waals surface area contributed by atoms with Gasteiger partial charge in [-0.15, -0.1) is 11.3 Å². The Kier molecular flexibility index (Phi) is 6.03. The van der Waals surface area contributed by atoms with Crippen LogP contribution in [0.1, 0.15) is 28.5 Å². The molecular weight excluding hydrogens is 454 g/mol. The molecule has 2 N–H and O–H groups in total. The highest BCUT2D eigenvalue weighted by Crippen LogP contribution is 2.27. The summed E-state index contributed by atoms with van der Waals surface area (Å²) in [6.45, 7) is 3.80. The fraction of sp³-hybridized carbons (Fsp3) is 0.192. The zero-order valence-corrected chi connectivity index (χ0v) is 19.8. The molecule has 0 saturated heterocycles. The molecule has 2 heterocycles. The first-order valence-corrected chi connectivity index (χ1v) is 12.8. The Balaban J connectivity index is 1.54. The highest BCUT2D eigenvalue weighted by molar-refractivity contribution is 7.93. The summed E-state index contributed by atoms with van der Waals surface area (Å²) in [5.74, 6) is 3.23. The van der Waals surface area contributed by atoms with Crippen LogP contribution in [0.5, 0.6) is 0 Å². The third-order valence-electron chi connectivity index (χ3n) is 5.35. The van der Waals surface area contributed by atoms with Crippen LogP contribution < -0.4 is 0 Å². The van der Waals surface area contributed by atoms with Gasteiger partial charge < -0.3 is 10.1 Å². The Morgan fingerprint density at radius 1 is 1.12 bits per heavy atom. The molecule has 0 saturated carbocycles. The number of hydrogen-bond donors (Lipinski definition) is 2. The van der Waals surface area contributed by atoms with E-state index in [1.165, 1.54) is 6.07 Å². The van der Waals surface area contributed by atoms with E-state index >= 15 is 0 Å². The van der Waals surface area contributed by atoms with Crippen LogP contribution >= 0.6 is 11.3 Å². The molecule has 0 spiro atoms. The number of aromatic amines is 1. The van der Waals surface area contributed by atoms with Crippen LogP contribution in [0.3, 0.4) is 0 Å². The molecule has 33 heavy (non-hydrogen) atoms. The molecule has 0 bridgehead atoms. The summed E-state index contributed by atoms with van der Waals surface area (Å²) < 4.78 is 34.1. The SMILES string of the molecule is [2H]c1cc2[nH]cc(C[C@H](CS(=O)(=O)c3ccc(C#Cc4ccc(C)cc4)s3)C(=O)O)c2cc1C. The number of aliphatic carboxylic acids is 1. The number of carbonyl (C=O) groups is 1. The topological polar surface area (TPSA) is 87.2 Å². The molecule has 0 amide bonds. The summed E-state index contributed by atoms with van der Waals surface area (Å²) in [4.78, 5) is 15.6. The Hall–Kier alpha value is -3.34. The van der Waals surface area contributed by atoms with Gasteiger partial charge in [0.15, 0.2) is 9.84 Å². The molecule has 0 radical (unpaired) electrons. The van der Waals surface area contributed by atoms with E-state index < -0.39 is 27.5 Å². The summed E-state index contributed by atoms with van der Waals surface area (Å²) in [6, 6.07) is 14.8. The average Bonchev–Trinajstić information content (AvgIpc) is 3.41. The van der Waals surface area contributed by atoms with Gasteiger partial charge in [-0.2, -0.15) is 0 Å². The second kappa shape index (κ2) is 9.26. The number of nitrogens with one attached hydrogen (secondary N) is 1. The van der Waals surface area contributed by atoms with Gasteiger partial charge in [-0.05, 0) is 62.2 Å². The van der Waals surface area contributed by atoms with Gasteiger partial charge in [0, 0.05) is 22.7 Å². The van der Waals surface area contributed by atoms with Crippen LogP contribution in [0.25, 0.3) is 10.9 Å². The maximum absolute atomic E-state index is 13.0. The smallest absolute Gasteiger partial charge is 0.307 e. The maximum atomic E-state index is 13.0. The summed E-state index contributed by atoms with van der Waals surface area (Å²) in [5, 5.41) is 10.6. The minimum atomic E-state index is -3.81. The Labute approximate surface area is 198 Å². The van der Waals surface area contributed by atoms with Crippen molar-refractivity contribution in [1.29, 1.82) is 0 Å². The number of sulfone groups is 1. The summed E-state index contributed by atoms with van der Waals surface area (Å²) in [6.07, 6.45) is 1.76. The van der Waals surface area contributed by atoms with Crippen LogP contribution in [-0.4, -0.2) is 30.2 Å². The first-order chi connectivity index (χ1) is 16.1. The van der Waals surface area contributed by atoms with Crippen molar-refractivity contribution >= 4 is 38.0 Å². The van der Waals surface area contributed by atoms with E-state index in [1.54, 1.807) is 18.3 Å². The van der Waals surface area contributed by atoms with Crippen molar-refractivity contribution < 1.29 is 19.7 Å². The third kappa shape index (κ3) is 5.36. The van der Waals surface area contributed by atoms with E-state index in [1.807, 2.05) is 44.2 Å². The third-order valence-corrected chi connectivity index (χ3v) is 8.75. The largest absolute Gasteiger partial charge is 0.481 e. The van der Waals surface area contributed by atoms with Crippen molar-refractivity contribution in [2.45, 2.75) is 24.5 Å². The predicted octanol–water partition coefficient (Wildman–Crippen LogP) is 4.96. The molecule has 1 atom stereocenters. The van der Waals surface area contributed by atoms with Gasteiger partial charge in [-0.1, -0.05) is 41.1 Å². The quantitative estimate of drug-likeness (QED) is 0.383. The molecule has 0 aliphatic heterocycles. The van der Waals surface area contributed by atoms with Gasteiger partial charge in [0.1, 0.15) is 4.21 Å². The van der Waals surface area contributed by atoms with Crippen molar-refractivity contribution in [3.63, 3.8) is 0 Å². The summed E-state index contributed by atoms with van der Waals surface area (Å²) in [5.41, 5.74) is 4.18. The summed E-state index contributed by atoms with van der Waals surface area (Å²) in [7, 11) is -3.81. The number of fused-ring (bicyclic) bond motifs is 1. The van der Waals surface area contributed by atoms with E-state index in [0.29, 0.717) is 10.9 Å². The number of aromatic nitrogens is 1. The number of carboxylic acid groups (broad SMARTS) is 1. The molecule has 0 unspecified atom stereocenters. The lowest BCUT2D eigenvalue weighted by Gasteiger charge is -2.12. The van der Waals surface area contributed by atoms with Gasteiger partial charge in [0.25, 0.3) is 0 Å². The average molecular weight is 479 g/mol. The Morgan fingerprint density at radius 2 is 1.88 bits per heavy atom. The molecule has 0 fully saturated rings. The number of carboxylic acids is 1. The molecule has 168 valence electrons. The molecule has 0 aliphatic rings. The molecule has 5 nitrogen and oxygen atoms in total. The van der Waals surface area contributed by atoms with Gasteiger partial charge in [-0.25, -0.2) is 8.42 Å². The van der Waals surface area contributed by atoms with Crippen LogP contribution in [0, 0.1) is 31.6 Å². The normalized spacial score (nSPS) is 12.7. The first kappa shape index (κ1) is 21.5. The highest BCUT2D eigenvalue weighted by Gasteiger charge is 2.28. The monoisotopic (exact) mass is 478 g/mol. The number of hydrogen-bond acceptors (Lipinski definition) is 4. The van der Waals surface area contributed by atoms with Crippen LogP contribution in [0.15, 0.2) is 65.0 Å². The van der Waals surface area contributed by atoms with Crippen molar-refractivity contribution in [2.75, 3.05) is 5.75 Å². The second-order valence-electron chi connectivity index (χ2n) is 8.01.